The zero-order valence-corrected chi connectivity index (χ0v) is 14.0. The Morgan fingerprint density at radius 2 is 2.14 bits per heavy atom. The topological polar surface area (TPSA) is 22.0 Å². The molecule has 1 aliphatic carbocycles. The van der Waals surface area contributed by atoms with Crippen LogP contribution < -0.4 is 5.56 Å². The molecule has 0 bridgehead atoms. The van der Waals surface area contributed by atoms with E-state index in [0.29, 0.717) is 10.4 Å². The summed E-state index contributed by atoms with van der Waals surface area (Å²) in [6.07, 6.45) is 8.97. The van der Waals surface area contributed by atoms with Crippen molar-refractivity contribution in [2.45, 2.75) is 26.2 Å². The maximum absolute atomic E-state index is 13.0. The van der Waals surface area contributed by atoms with E-state index < -0.39 is 0 Å². The molecule has 0 unspecified atom stereocenters. The molecule has 1 heterocycles. The van der Waals surface area contributed by atoms with Gasteiger partial charge in [0, 0.05) is 21.2 Å². The highest BCUT2D eigenvalue weighted by atomic mass is 79.9. The summed E-state index contributed by atoms with van der Waals surface area (Å²) < 4.78 is 2.73. The predicted molar refractivity (Wildman–Crippen MR) is 92.9 cm³/mol. The van der Waals surface area contributed by atoms with Crippen molar-refractivity contribution >= 4 is 44.0 Å². The van der Waals surface area contributed by atoms with Crippen LogP contribution in [0.1, 0.15) is 25.5 Å². The molecule has 0 atom stereocenters. The number of fused-ring (bicyclic) bond motifs is 1. The molecular weight excluding hydrogens is 350 g/mol. The van der Waals surface area contributed by atoms with Gasteiger partial charge in [-0.2, -0.15) is 0 Å². The van der Waals surface area contributed by atoms with Crippen LogP contribution >= 0.6 is 27.5 Å². The van der Waals surface area contributed by atoms with Crippen molar-refractivity contribution in [2.75, 3.05) is 0 Å². The SMILES string of the molecule is CCc1c(Br)c2cccc(Cl)c2c(=O)n1C1=CCCC=C1. The highest BCUT2D eigenvalue weighted by Crippen LogP contribution is 2.31. The molecule has 0 saturated carbocycles. The molecule has 0 radical (unpaired) electrons. The van der Waals surface area contributed by atoms with E-state index in [2.05, 4.69) is 35.0 Å². The second-order valence-corrected chi connectivity index (χ2v) is 6.23. The molecule has 1 aromatic carbocycles. The van der Waals surface area contributed by atoms with Crippen LogP contribution in [0.4, 0.5) is 0 Å². The lowest BCUT2D eigenvalue weighted by Crippen LogP contribution is -2.24. The van der Waals surface area contributed by atoms with Gasteiger partial charge in [-0.25, -0.2) is 0 Å². The lowest BCUT2D eigenvalue weighted by atomic mass is 10.1. The number of rotatable bonds is 2. The smallest absolute Gasteiger partial charge is 0.264 e. The van der Waals surface area contributed by atoms with Crippen molar-refractivity contribution in [3.63, 3.8) is 0 Å². The lowest BCUT2D eigenvalue weighted by Gasteiger charge is -2.18. The average molecular weight is 365 g/mol. The molecule has 0 fully saturated rings. The van der Waals surface area contributed by atoms with Crippen LogP contribution in [0.3, 0.4) is 0 Å². The van der Waals surface area contributed by atoms with Gasteiger partial charge >= 0.3 is 0 Å². The van der Waals surface area contributed by atoms with Gasteiger partial charge in [0.1, 0.15) is 0 Å². The van der Waals surface area contributed by atoms with Crippen LogP contribution in [-0.2, 0) is 6.42 Å². The Morgan fingerprint density at radius 1 is 1.33 bits per heavy atom. The summed E-state index contributed by atoms with van der Waals surface area (Å²) in [4.78, 5) is 13.0. The van der Waals surface area contributed by atoms with Crippen molar-refractivity contribution in [3.8, 4) is 0 Å². The van der Waals surface area contributed by atoms with Gasteiger partial charge in [-0.15, -0.1) is 0 Å². The molecule has 1 aromatic heterocycles. The molecule has 108 valence electrons. The van der Waals surface area contributed by atoms with Crippen molar-refractivity contribution in [3.05, 3.63) is 62.0 Å². The summed E-state index contributed by atoms with van der Waals surface area (Å²) in [5, 5.41) is 1.94. The van der Waals surface area contributed by atoms with E-state index in [9.17, 15) is 4.79 Å². The van der Waals surface area contributed by atoms with Gasteiger partial charge in [0.15, 0.2) is 0 Å². The third-order valence-corrected chi connectivity index (χ3v) is 4.96. The van der Waals surface area contributed by atoms with E-state index in [1.165, 1.54) is 0 Å². The average Bonchev–Trinajstić information content (AvgIpc) is 2.51. The highest BCUT2D eigenvalue weighted by molar-refractivity contribution is 9.10. The highest BCUT2D eigenvalue weighted by Gasteiger charge is 2.17. The molecule has 3 rings (SSSR count). The minimum Gasteiger partial charge on any atom is -0.280 e. The molecule has 21 heavy (non-hydrogen) atoms. The number of pyridine rings is 1. The van der Waals surface area contributed by atoms with Crippen LogP contribution in [0.2, 0.25) is 5.02 Å². The molecule has 0 N–H and O–H groups in total. The Kier molecular flexibility index (Phi) is 4.05. The van der Waals surface area contributed by atoms with E-state index >= 15 is 0 Å². The van der Waals surface area contributed by atoms with Crippen molar-refractivity contribution in [1.82, 2.24) is 4.57 Å². The summed E-state index contributed by atoms with van der Waals surface area (Å²) in [6.45, 7) is 2.06. The first-order valence-electron chi connectivity index (χ1n) is 7.03. The largest absolute Gasteiger partial charge is 0.280 e. The first-order chi connectivity index (χ1) is 10.1. The van der Waals surface area contributed by atoms with Crippen LogP contribution in [0.15, 0.2) is 45.7 Å². The van der Waals surface area contributed by atoms with Gasteiger partial charge in [0.2, 0.25) is 0 Å². The zero-order valence-electron chi connectivity index (χ0n) is 11.7. The van der Waals surface area contributed by atoms with E-state index in [1.807, 2.05) is 18.2 Å². The number of hydrogen-bond acceptors (Lipinski definition) is 1. The van der Waals surface area contributed by atoms with Gasteiger partial charge in [0.05, 0.1) is 10.4 Å². The second kappa shape index (κ2) is 5.82. The third kappa shape index (κ3) is 2.39. The Morgan fingerprint density at radius 3 is 2.81 bits per heavy atom. The normalized spacial score (nSPS) is 14.5. The molecular formula is C17H15BrClNO. The summed E-state index contributed by atoms with van der Waals surface area (Å²) in [5.41, 5.74) is 1.87. The molecule has 2 nitrogen and oxygen atoms in total. The minimum atomic E-state index is -0.0477. The van der Waals surface area contributed by atoms with Crippen LogP contribution in [-0.4, -0.2) is 4.57 Å². The molecule has 0 aliphatic heterocycles. The van der Waals surface area contributed by atoms with Crippen LogP contribution in [0.25, 0.3) is 16.5 Å². The van der Waals surface area contributed by atoms with E-state index in [1.54, 1.807) is 10.6 Å². The quantitative estimate of drug-likeness (QED) is 0.720. The molecule has 2 aromatic rings. The van der Waals surface area contributed by atoms with Crippen molar-refractivity contribution in [2.24, 2.45) is 0 Å². The lowest BCUT2D eigenvalue weighted by molar-refractivity contribution is 0.887. The first-order valence-corrected chi connectivity index (χ1v) is 8.21. The minimum absolute atomic E-state index is 0.0477. The van der Waals surface area contributed by atoms with E-state index in [4.69, 9.17) is 11.6 Å². The predicted octanol–water partition coefficient (Wildman–Crippen LogP) is 5.17. The number of aromatic nitrogens is 1. The number of benzene rings is 1. The number of allylic oxidation sites excluding steroid dienone is 4. The summed E-state index contributed by atoms with van der Waals surface area (Å²) >= 11 is 9.93. The summed E-state index contributed by atoms with van der Waals surface area (Å²) in [6, 6.07) is 5.57. The van der Waals surface area contributed by atoms with Crippen LogP contribution in [0, 0.1) is 0 Å². The Hall–Kier alpha value is -1.32. The van der Waals surface area contributed by atoms with Gasteiger partial charge in [0.25, 0.3) is 5.56 Å². The number of hydrogen-bond donors (Lipinski definition) is 0. The van der Waals surface area contributed by atoms with Crippen molar-refractivity contribution in [1.29, 1.82) is 0 Å². The van der Waals surface area contributed by atoms with Gasteiger partial charge in [-0.05, 0) is 47.3 Å². The van der Waals surface area contributed by atoms with Crippen LogP contribution in [0.5, 0.6) is 0 Å². The second-order valence-electron chi connectivity index (χ2n) is 5.03. The molecule has 0 saturated heterocycles. The van der Waals surface area contributed by atoms with Crippen molar-refractivity contribution < 1.29 is 0 Å². The third-order valence-electron chi connectivity index (χ3n) is 3.76. The maximum atomic E-state index is 13.0. The fraction of sp³-hybridized carbons (Fsp3) is 0.235. The Bertz CT molecular complexity index is 833. The fourth-order valence-corrected chi connectivity index (χ4v) is 3.81. The first kappa shape index (κ1) is 14.6. The van der Waals surface area contributed by atoms with E-state index in [0.717, 1.165) is 40.5 Å². The monoisotopic (exact) mass is 363 g/mol. The molecule has 1 aliphatic rings. The van der Waals surface area contributed by atoms with Gasteiger partial charge in [-0.1, -0.05) is 42.8 Å². The summed E-state index contributed by atoms with van der Waals surface area (Å²) in [5.74, 6) is 0. The molecule has 4 heteroatoms. The molecule has 0 amide bonds. The summed E-state index contributed by atoms with van der Waals surface area (Å²) in [7, 11) is 0. The Labute approximate surface area is 136 Å². The van der Waals surface area contributed by atoms with Gasteiger partial charge < -0.3 is 0 Å². The fourth-order valence-electron chi connectivity index (χ4n) is 2.76. The maximum Gasteiger partial charge on any atom is 0.264 e. The number of nitrogens with zero attached hydrogens (tertiary/aromatic N) is 1. The number of halogens is 2. The zero-order chi connectivity index (χ0) is 15.0. The molecule has 0 spiro atoms. The van der Waals surface area contributed by atoms with E-state index in [-0.39, 0.29) is 5.56 Å². The van der Waals surface area contributed by atoms with Gasteiger partial charge in [-0.3, -0.25) is 9.36 Å². The Balaban J connectivity index is 2.46. The standard InChI is InChI=1S/C17H15BrClNO/c1-2-14-16(18)12-9-6-10-13(19)15(12)17(21)20(14)11-7-4-3-5-8-11/h4,6-10H,2-3,5H2,1H3.